The van der Waals surface area contributed by atoms with Crippen molar-refractivity contribution in [3.63, 3.8) is 0 Å². The highest BCUT2D eigenvalue weighted by molar-refractivity contribution is 7.13. The number of anilines is 2. The van der Waals surface area contributed by atoms with Gasteiger partial charge in [0.25, 0.3) is 11.8 Å². The highest BCUT2D eigenvalue weighted by Crippen LogP contribution is 2.33. The number of nitrogens with one attached hydrogen (secondary N) is 2. The van der Waals surface area contributed by atoms with Gasteiger partial charge in [-0.3, -0.25) is 44.2 Å². The van der Waals surface area contributed by atoms with Gasteiger partial charge in [0.1, 0.15) is 33.1 Å². The first-order chi connectivity index (χ1) is 31.7. The number of fused-ring (bicyclic) bond motifs is 2. The number of aryl methyl sites for hydroxylation is 4. The van der Waals surface area contributed by atoms with E-state index < -0.39 is 17.7 Å². The number of methoxy groups -OCH3 is 1. The number of thiazole rings is 1. The summed E-state index contributed by atoms with van der Waals surface area (Å²) >= 11 is 1.29. The van der Waals surface area contributed by atoms with E-state index in [1.807, 2.05) is 44.7 Å². The maximum atomic E-state index is 13.9. The smallest absolute Gasteiger partial charge is 0.276 e. The zero-order valence-corrected chi connectivity index (χ0v) is 38.8. The lowest BCUT2D eigenvalue weighted by molar-refractivity contribution is -0.132. The van der Waals surface area contributed by atoms with E-state index >= 15 is 0 Å². The van der Waals surface area contributed by atoms with Crippen LogP contribution in [0.3, 0.4) is 0 Å². The van der Waals surface area contributed by atoms with Crippen LogP contribution < -0.4 is 31.6 Å². The third kappa shape index (κ3) is 10.1. The fourth-order valence-corrected chi connectivity index (χ4v) is 8.91. The normalized spacial score (nSPS) is 13.2. The molecule has 0 unspecified atom stereocenters. The zero-order chi connectivity index (χ0) is 47.2. The van der Waals surface area contributed by atoms with Crippen molar-refractivity contribution in [2.45, 2.75) is 73.5 Å². The Kier molecular flexibility index (Phi) is 14.5. The molecular formula is C45H55N13O7S. The number of carbonyl (C=O) groups excluding carboxylic acids is 5. The summed E-state index contributed by atoms with van der Waals surface area (Å²) in [5, 5.41) is 11.1. The first kappa shape index (κ1) is 46.9. The first-order valence-corrected chi connectivity index (χ1v) is 22.7. The van der Waals surface area contributed by atoms with Gasteiger partial charge in [0.2, 0.25) is 29.6 Å². The minimum absolute atomic E-state index is 0.155. The van der Waals surface area contributed by atoms with E-state index in [0.717, 1.165) is 24.6 Å². The molecule has 0 bridgehead atoms. The lowest BCUT2D eigenvalue weighted by atomic mass is 10.1. The van der Waals surface area contributed by atoms with Gasteiger partial charge in [-0.05, 0) is 63.9 Å². The molecule has 6 N–H and O–H groups in total. The van der Waals surface area contributed by atoms with E-state index in [-0.39, 0.29) is 47.9 Å². The number of benzene rings is 2. The number of nitrogens with two attached hydrogens (primary N) is 2. The minimum Gasteiger partial charge on any atom is -0.494 e. The number of allylic oxidation sites excluding steroid dienone is 2. The Balaban J connectivity index is 1.22. The maximum Gasteiger partial charge on any atom is 0.276 e. The summed E-state index contributed by atoms with van der Waals surface area (Å²) < 4.78 is 17.3. The average Bonchev–Trinajstić information content (AvgIpc) is 4.07. The Labute approximate surface area is 384 Å². The summed E-state index contributed by atoms with van der Waals surface area (Å²) in [7, 11) is 1.46. The first-order valence-electron chi connectivity index (χ1n) is 21.9. The van der Waals surface area contributed by atoms with Gasteiger partial charge in [0.05, 0.1) is 41.1 Å². The van der Waals surface area contributed by atoms with Crippen LogP contribution in [0.1, 0.15) is 90.9 Å². The van der Waals surface area contributed by atoms with E-state index in [4.69, 9.17) is 30.9 Å². The number of ether oxygens (including phenoxy) is 2. The van der Waals surface area contributed by atoms with Crippen molar-refractivity contribution in [3.05, 3.63) is 80.6 Å². The second kappa shape index (κ2) is 20.4. The molecule has 66 heavy (non-hydrogen) atoms. The van der Waals surface area contributed by atoms with E-state index in [9.17, 15) is 24.0 Å². The number of hydrogen-bond donors (Lipinski definition) is 4. The lowest BCUT2D eigenvalue weighted by Crippen LogP contribution is -2.48. The van der Waals surface area contributed by atoms with Crippen molar-refractivity contribution in [3.8, 4) is 11.5 Å². The molecule has 0 atom stereocenters. The third-order valence-corrected chi connectivity index (χ3v) is 12.3. The van der Waals surface area contributed by atoms with Gasteiger partial charge in [0.15, 0.2) is 0 Å². The van der Waals surface area contributed by atoms with Crippen LogP contribution in [0, 0.1) is 13.8 Å². The molecule has 7 rings (SSSR count). The fourth-order valence-electron chi connectivity index (χ4n) is 8.01. The Morgan fingerprint density at radius 3 is 1.94 bits per heavy atom. The monoisotopic (exact) mass is 921 g/mol. The average molecular weight is 922 g/mol. The molecule has 5 amide bonds. The van der Waals surface area contributed by atoms with E-state index in [2.05, 4.69) is 25.6 Å². The predicted molar refractivity (Wildman–Crippen MR) is 250 cm³/mol. The Bertz CT molecular complexity index is 2850. The maximum absolute atomic E-state index is 13.9. The van der Waals surface area contributed by atoms with Crippen molar-refractivity contribution in [2.75, 3.05) is 57.1 Å². The van der Waals surface area contributed by atoms with Gasteiger partial charge < -0.3 is 35.0 Å². The molecule has 6 aromatic rings. The van der Waals surface area contributed by atoms with E-state index in [1.165, 1.54) is 30.6 Å². The van der Waals surface area contributed by atoms with Crippen LogP contribution in [0.4, 0.5) is 11.9 Å². The van der Waals surface area contributed by atoms with Crippen LogP contribution in [0.2, 0.25) is 0 Å². The fraction of sp³-hybridized carbons (Fsp3) is 0.400. The molecule has 20 nitrogen and oxygen atoms in total. The van der Waals surface area contributed by atoms with Crippen molar-refractivity contribution < 1.29 is 33.4 Å². The van der Waals surface area contributed by atoms with Gasteiger partial charge in [0, 0.05) is 69.9 Å². The zero-order valence-electron chi connectivity index (χ0n) is 38.0. The minimum atomic E-state index is -0.671. The Morgan fingerprint density at radius 1 is 0.788 bits per heavy atom. The van der Waals surface area contributed by atoms with Gasteiger partial charge >= 0.3 is 0 Å². The molecule has 1 aliphatic rings. The molecule has 1 saturated heterocycles. The predicted octanol–water partition coefficient (Wildman–Crippen LogP) is 4.53. The van der Waals surface area contributed by atoms with Crippen LogP contribution in [0.5, 0.6) is 11.5 Å². The van der Waals surface area contributed by atoms with Crippen LogP contribution >= 0.6 is 11.3 Å². The number of hydrogen-bond acceptors (Lipinski definition) is 13. The van der Waals surface area contributed by atoms with Crippen LogP contribution in [0.15, 0.2) is 42.5 Å². The molecule has 0 radical (unpaired) electrons. The highest BCUT2D eigenvalue weighted by Gasteiger charge is 2.25. The number of nitrogens with zero attached hydrogens (tertiary/aromatic N) is 9. The molecule has 0 aliphatic carbocycles. The lowest BCUT2D eigenvalue weighted by Gasteiger charge is -2.34. The second-order valence-electron chi connectivity index (χ2n) is 15.7. The van der Waals surface area contributed by atoms with Gasteiger partial charge in [-0.1, -0.05) is 26.0 Å². The summed E-state index contributed by atoms with van der Waals surface area (Å²) in [4.78, 5) is 83.4. The molecule has 5 heterocycles. The SMILES string of the molecule is CCC(=O)N1CCN(CCCOc2cc(C(N)=O)cc3nc(NC(=O)c4sc(C)nc4CC)n(C/C=C/Cn4c(NC(=O)c5cc(C)nn5CC)nc5cc(C(N)=O)cc(OC)c54)c23)CC1. The molecule has 4 aromatic heterocycles. The number of primary amides is 2. The molecule has 1 aliphatic heterocycles. The molecule has 0 spiro atoms. The summed E-state index contributed by atoms with van der Waals surface area (Å²) in [6, 6.07) is 7.89. The summed E-state index contributed by atoms with van der Waals surface area (Å²) in [6.45, 7) is 14.1. The number of amides is 5. The van der Waals surface area contributed by atoms with Gasteiger partial charge in [-0.25, -0.2) is 15.0 Å². The molecule has 0 saturated carbocycles. The van der Waals surface area contributed by atoms with Crippen molar-refractivity contribution >= 4 is 74.8 Å². The van der Waals surface area contributed by atoms with Gasteiger partial charge in [-0.15, -0.1) is 11.3 Å². The Morgan fingerprint density at radius 2 is 1.38 bits per heavy atom. The summed E-state index contributed by atoms with van der Waals surface area (Å²) in [6.07, 6.45) is 5.41. The number of carbonyl (C=O) groups is 5. The van der Waals surface area contributed by atoms with Crippen LogP contribution in [-0.2, 0) is 30.8 Å². The van der Waals surface area contributed by atoms with E-state index in [0.29, 0.717) is 101 Å². The number of piperazine rings is 1. The van der Waals surface area contributed by atoms with Crippen LogP contribution in [0.25, 0.3) is 22.1 Å². The molecule has 348 valence electrons. The molecule has 1 fully saturated rings. The molecular weight excluding hydrogens is 867 g/mol. The third-order valence-electron chi connectivity index (χ3n) is 11.3. The van der Waals surface area contributed by atoms with Crippen molar-refractivity contribution in [2.24, 2.45) is 11.5 Å². The van der Waals surface area contributed by atoms with Crippen LogP contribution in [-0.4, -0.2) is 120 Å². The standard InChI is InChI=1S/C45H55N13O7S/c1-7-30-39(66-27(5)48-30)43(63)52-45-50-32-23-29(41(47)61)25-35(65-20-12-13-54-16-18-55(19-17-54)36(59)8-2)38(32)57(45)15-11-10-14-56-37-31(22-28(40(46)60)24-34(37)64-6)49-44(56)51-42(62)33-21-26(4)53-58(33)9-3/h10-11,21-25H,7-9,12-20H2,1-6H3,(H2,46,60)(H2,47,61)(H,49,51,62)(H,50,52,63)/b11-10+. The molecule has 21 heteroatoms. The highest BCUT2D eigenvalue weighted by atomic mass is 32.1. The van der Waals surface area contributed by atoms with Crippen molar-refractivity contribution in [1.29, 1.82) is 0 Å². The second-order valence-corrected chi connectivity index (χ2v) is 16.9. The topological polar surface area (TPSA) is 253 Å². The molecule has 2 aromatic carbocycles. The van der Waals surface area contributed by atoms with Crippen molar-refractivity contribution in [1.82, 2.24) is 43.7 Å². The quantitative estimate of drug-likeness (QED) is 0.0646. The summed E-state index contributed by atoms with van der Waals surface area (Å²) in [5.74, 6) is -0.963. The Hall–Kier alpha value is -7.13. The number of rotatable bonds is 19. The summed E-state index contributed by atoms with van der Waals surface area (Å²) in [5.41, 5.74) is 15.3. The number of aromatic nitrogens is 7. The van der Waals surface area contributed by atoms with Gasteiger partial charge in [-0.2, -0.15) is 5.10 Å². The van der Waals surface area contributed by atoms with E-state index in [1.54, 1.807) is 38.9 Å². The largest absolute Gasteiger partial charge is 0.494 e. The number of imidazole rings is 2.